The van der Waals surface area contributed by atoms with E-state index in [-0.39, 0.29) is 6.42 Å². The summed E-state index contributed by atoms with van der Waals surface area (Å²) in [7, 11) is 0. The molecule has 4 atom stereocenters. The van der Waals surface area contributed by atoms with Crippen LogP contribution in [-0.4, -0.2) is 37.4 Å². The van der Waals surface area contributed by atoms with Crippen LogP contribution in [0.15, 0.2) is 5.18 Å². The summed E-state index contributed by atoms with van der Waals surface area (Å²) in [5.74, 6) is -0.591. The van der Waals surface area contributed by atoms with Crippen LogP contribution < -0.4 is 0 Å². The third-order valence-corrected chi connectivity index (χ3v) is 8.15. The highest BCUT2D eigenvalue weighted by molar-refractivity contribution is 14.1. The van der Waals surface area contributed by atoms with Gasteiger partial charge in [0.1, 0.15) is 15.1 Å². The van der Waals surface area contributed by atoms with Gasteiger partial charge in [0.25, 0.3) is 0 Å². The Labute approximate surface area is 158 Å². The van der Waals surface area contributed by atoms with E-state index in [1.807, 2.05) is 45.2 Å². The van der Waals surface area contributed by atoms with Crippen LogP contribution in [-0.2, 0) is 14.3 Å². The molecule has 0 bridgehead atoms. The van der Waals surface area contributed by atoms with Crippen molar-refractivity contribution in [3.05, 3.63) is 4.91 Å². The molecule has 2 fully saturated rings. The van der Waals surface area contributed by atoms with E-state index in [1.54, 1.807) is 6.92 Å². The fourth-order valence-electron chi connectivity index (χ4n) is 3.00. The Kier molecular flexibility index (Phi) is 5.57. The van der Waals surface area contributed by atoms with Crippen molar-refractivity contribution in [1.82, 2.24) is 0 Å². The Bertz CT molecular complexity index is 502. The molecule has 0 amide bonds. The third kappa shape index (κ3) is 3.48. The van der Waals surface area contributed by atoms with Crippen molar-refractivity contribution in [2.45, 2.75) is 66.1 Å². The molecule has 0 N–H and O–H groups in total. The van der Waals surface area contributed by atoms with Crippen LogP contribution in [0.1, 0.15) is 39.0 Å². The second-order valence-electron chi connectivity index (χ2n) is 6.19. The first kappa shape index (κ1) is 19.6. The molecular weight excluding hydrogens is 545 g/mol. The fraction of sp³-hybridized carbons (Fsp3) is 0.923. The first-order valence-corrected chi connectivity index (χ1v) is 9.70. The number of hydrogen-bond acceptors (Lipinski definition) is 5. The Morgan fingerprint density at radius 2 is 2.09 bits per heavy atom. The molecule has 10 heteroatoms. The summed E-state index contributed by atoms with van der Waals surface area (Å²) in [5, 5.41) is 2.26. The second-order valence-corrected chi connectivity index (χ2v) is 9.33. The van der Waals surface area contributed by atoms with Gasteiger partial charge in [0.15, 0.2) is 0 Å². The summed E-state index contributed by atoms with van der Waals surface area (Å²) < 4.78 is 50.1. The molecule has 5 nitrogen and oxygen atoms in total. The Balaban J connectivity index is 2.34. The minimum atomic E-state index is -4.94. The molecule has 0 aromatic carbocycles. The lowest BCUT2D eigenvalue weighted by molar-refractivity contribution is -0.269. The minimum absolute atomic E-state index is 0.241. The van der Waals surface area contributed by atoms with Gasteiger partial charge in [-0.25, -0.2) is 0 Å². The standard InChI is InChI=1S/C13H16F3I2NO4/c1-10(18,7-17)9(20)23-11-5-3-2-4-8(11)22-12(6-11,19-21)13(14,15)16/h8H,2-7H2,1H3. The first-order valence-electron chi connectivity index (χ1n) is 7.09. The van der Waals surface area contributed by atoms with E-state index < -0.39 is 39.4 Å². The number of rotatable bonds is 4. The average Bonchev–Trinajstić information content (AvgIpc) is 2.82. The zero-order valence-electron chi connectivity index (χ0n) is 12.3. The van der Waals surface area contributed by atoms with Gasteiger partial charge < -0.3 is 9.47 Å². The van der Waals surface area contributed by atoms with Crippen LogP contribution in [0.2, 0.25) is 0 Å². The van der Waals surface area contributed by atoms with Gasteiger partial charge >= 0.3 is 17.9 Å². The SMILES string of the molecule is CC(I)(CI)C(=O)OC12CCCCC1OC(N=O)(C(F)(F)F)C2. The van der Waals surface area contributed by atoms with Crippen LogP contribution in [0.3, 0.4) is 0 Å². The van der Waals surface area contributed by atoms with Gasteiger partial charge in [-0.3, -0.25) is 4.79 Å². The maximum atomic E-state index is 13.3. The van der Waals surface area contributed by atoms with Gasteiger partial charge in [0, 0.05) is 4.43 Å². The highest BCUT2D eigenvalue weighted by Gasteiger charge is 2.71. The minimum Gasteiger partial charge on any atom is -0.455 e. The van der Waals surface area contributed by atoms with Crippen LogP contribution in [0.25, 0.3) is 0 Å². The van der Waals surface area contributed by atoms with Crippen molar-refractivity contribution < 1.29 is 27.4 Å². The maximum Gasteiger partial charge on any atom is 0.442 e. The molecule has 0 spiro atoms. The number of nitroso groups, excluding NO2 is 1. The molecule has 23 heavy (non-hydrogen) atoms. The number of esters is 1. The summed E-state index contributed by atoms with van der Waals surface area (Å²) in [5.41, 5.74) is -4.56. The summed E-state index contributed by atoms with van der Waals surface area (Å²) in [6, 6.07) is 0. The lowest BCUT2D eigenvalue weighted by Crippen LogP contribution is -2.49. The van der Waals surface area contributed by atoms with Gasteiger partial charge in [-0.1, -0.05) is 51.6 Å². The Hall–Kier alpha value is 0.280. The first-order chi connectivity index (χ1) is 10.5. The lowest BCUT2D eigenvalue weighted by atomic mass is 9.79. The van der Waals surface area contributed by atoms with E-state index in [0.29, 0.717) is 23.7 Å². The molecule has 2 aliphatic rings. The summed E-state index contributed by atoms with van der Waals surface area (Å²) >= 11 is 3.93. The van der Waals surface area contributed by atoms with Crippen LogP contribution in [0.5, 0.6) is 0 Å². The Morgan fingerprint density at radius 1 is 1.43 bits per heavy atom. The number of halogens is 5. The van der Waals surface area contributed by atoms with Gasteiger partial charge in [-0.2, -0.15) is 13.2 Å². The number of nitrogens with zero attached hydrogens (tertiary/aromatic N) is 1. The molecule has 1 aliphatic heterocycles. The highest BCUT2D eigenvalue weighted by Crippen LogP contribution is 2.54. The number of alkyl halides is 5. The lowest BCUT2D eigenvalue weighted by Gasteiger charge is -2.38. The molecule has 1 aliphatic carbocycles. The maximum absolute atomic E-state index is 13.3. The van der Waals surface area contributed by atoms with Crippen molar-refractivity contribution in [3.63, 3.8) is 0 Å². The van der Waals surface area contributed by atoms with Crippen LogP contribution in [0.4, 0.5) is 13.2 Å². The van der Waals surface area contributed by atoms with Gasteiger partial charge in [-0.15, -0.1) is 4.91 Å². The molecule has 0 radical (unpaired) electrons. The normalized spacial score (nSPS) is 36.9. The van der Waals surface area contributed by atoms with Crippen molar-refractivity contribution in [1.29, 1.82) is 0 Å². The average molecular weight is 561 g/mol. The fourth-order valence-corrected chi connectivity index (χ4v) is 3.42. The molecule has 1 heterocycles. The topological polar surface area (TPSA) is 65.0 Å². The van der Waals surface area contributed by atoms with E-state index in [1.165, 1.54) is 0 Å². The van der Waals surface area contributed by atoms with Crippen molar-refractivity contribution in [3.8, 4) is 0 Å². The second kappa shape index (κ2) is 6.54. The number of carbonyl (C=O) groups is 1. The molecule has 0 aromatic rings. The number of ether oxygens (including phenoxy) is 2. The van der Waals surface area contributed by atoms with Crippen molar-refractivity contribution in [2.24, 2.45) is 5.18 Å². The largest absolute Gasteiger partial charge is 0.455 e. The monoisotopic (exact) mass is 561 g/mol. The number of hydrogen-bond donors (Lipinski definition) is 0. The third-order valence-electron chi connectivity index (χ3n) is 4.34. The zero-order valence-corrected chi connectivity index (χ0v) is 16.6. The van der Waals surface area contributed by atoms with Crippen molar-refractivity contribution >= 4 is 51.2 Å². The molecule has 2 rings (SSSR count). The van der Waals surface area contributed by atoms with E-state index in [9.17, 15) is 22.9 Å². The summed E-state index contributed by atoms with van der Waals surface area (Å²) in [6.07, 6.45) is -4.85. The molecular formula is C13H16F3I2NO4. The van der Waals surface area contributed by atoms with Gasteiger partial charge in [0.05, 0.1) is 6.42 Å². The van der Waals surface area contributed by atoms with Gasteiger partial charge in [0.2, 0.25) is 0 Å². The molecule has 1 saturated carbocycles. The van der Waals surface area contributed by atoms with E-state index in [4.69, 9.17) is 9.47 Å². The van der Waals surface area contributed by atoms with E-state index in [2.05, 4.69) is 5.18 Å². The molecule has 0 aromatic heterocycles. The van der Waals surface area contributed by atoms with Gasteiger partial charge in [-0.05, 0) is 31.4 Å². The predicted octanol–water partition coefficient (Wildman–Crippen LogP) is 4.29. The van der Waals surface area contributed by atoms with Crippen molar-refractivity contribution in [2.75, 3.05) is 4.43 Å². The molecule has 4 unspecified atom stereocenters. The summed E-state index contributed by atoms with van der Waals surface area (Å²) in [6.45, 7) is 1.65. The quantitative estimate of drug-likeness (QED) is 0.223. The van der Waals surface area contributed by atoms with Crippen LogP contribution >= 0.6 is 45.2 Å². The number of fused-ring (bicyclic) bond motifs is 1. The molecule has 1 saturated heterocycles. The number of carbonyl (C=O) groups excluding carboxylic acids is 1. The predicted molar refractivity (Wildman–Crippen MR) is 92.7 cm³/mol. The van der Waals surface area contributed by atoms with Crippen LogP contribution in [0, 0.1) is 4.91 Å². The summed E-state index contributed by atoms with van der Waals surface area (Å²) in [4.78, 5) is 23.3. The van der Waals surface area contributed by atoms with E-state index >= 15 is 0 Å². The highest BCUT2D eigenvalue weighted by atomic mass is 127. The molecule has 132 valence electrons. The Morgan fingerprint density at radius 3 is 2.61 bits per heavy atom. The van der Waals surface area contributed by atoms with E-state index in [0.717, 1.165) is 0 Å². The zero-order chi connectivity index (χ0) is 17.5. The smallest absolute Gasteiger partial charge is 0.442 e.